The Balaban J connectivity index is 2.87. The first-order chi connectivity index (χ1) is 3.41. The quantitative estimate of drug-likeness (QED) is 0.280. The van der Waals surface area contributed by atoms with Crippen LogP contribution in [-0.2, 0) is 0 Å². The predicted octanol–water partition coefficient (Wildman–Crippen LogP) is 1.87. The number of hydrogen-bond acceptors (Lipinski definition) is 0. The molecule has 0 bridgehead atoms. The highest BCUT2D eigenvalue weighted by Gasteiger charge is 1.74. The van der Waals surface area contributed by atoms with Crippen LogP contribution < -0.4 is 0 Å². The Morgan fingerprint density at radius 3 is 2.86 bits per heavy atom. The zero-order valence-electron chi connectivity index (χ0n) is 4.52. The van der Waals surface area contributed by atoms with Crippen molar-refractivity contribution in [1.29, 1.82) is 0 Å². The molecule has 0 aromatic heterocycles. The summed E-state index contributed by atoms with van der Waals surface area (Å²) in [6, 6.07) is 0. The van der Waals surface area contributed by atoms with Crippen molar-refractivity contribution in [2.45, 2.75) is 13.3 Å². The number of hydrogen-bond donors (Lipinski definition) is 0. The van der Waals surface area contributed by atoms with Gasteiger partial charge in [-0.1, -0.05) is 12.2 Å². The first kappa shape index (κ1) is 6.23. The van der Waals surface area contributed by atoms with Gasteiger partial charge in [0.2, 0.25) is 6.54 Å². The Morgan fingerprint density at radius 2 is 2.43 bits per heavy atom. The van der Waals surface area contributed by atoms with Crippen LogP contribution in [0.15, 0.2) is 12.2 Å². The van der Waals surface area contributed by atoms with E-state index in [1.165, 1.54) is 0 Å². The lowest BCUT2D eigenvalue weighted by Gasteiger charge is -1.73. The maximum Gasteiger partial charge on any atom is 0.218 e. The van der Waals surface area contributed by atoms with Crippen molar-refractivity contribution in [1.82, 2.24) is 0 Å². The van der Waals surface area contributed by atoms with Gasteiger partial charge in [-0.15, -0.1) is 0 Å². The van der Waals surface area contributed by atoms with E-state index in [9.17, 15) is 0 Å². The molecule has 38 valence electrons. The minimum absolute atomic E-state index is 0.629. The summed E-state index contributed by atoms with van der Waals surface area (Å²) in [7, 11) is 0. The topological polar surface area (TPSA) is 4.36 Å². The molecule has 0 spiro atoms. The third-order valence-corrected chi connectivity index (χ3v) is 0.643. The standard InChI is InChI=1S/C6H9N/c1-3-4-5-6-7-2/h3-4H,5-6H2,1H3/b4-3+. The largest absolute Gasteiger partial charge is 0.317 e. The number of nitrogens with zero attached hydrogens (tertiary/aromatic N) is 1. The summed E-state index contributed by atoms with van der Waals surface area (Å²) in [6.07, 6.45) is 4.86. The van der Waals surface area contributed by atoms with Gasteiger partial charge in [0.1, 0.15) is 0 Å². The molecule has 0 fully saturated rings. The fraction of sp³-hybridized carbons (Fsp3) is 0.500. The number of rotatable bonds is 2. The Hall–Kier alpha value is -0.770. The molecule has 0 N–H and O–H groups in total. The van der Waals surface area contributed by atoms with E-state index in [1.54, 1.807) is 0 Å². The van der Waals surface area contributed by atoms with E-state index in [0.717, 1.165) is 6.42 Å². The van der Waals surface area contributed by atoms with Crippen LogP contribution >= 0.6 is 0 Å². The van der Waals surface area contributed by atoms with Crippen LogP contribution in [0.4, 0.5) is 0 Å². The summed E-state index contributed by atoms with van der Waals surface area (Å²) in [5, 5.41) is 0. The molecule has 1 heteroatoms. The van der Waals surface area contributed by atoms with Gasteiger partial charge in [0, 0.05) is 6.42 Å². The van der Waals surface area contributed by atoms with Gasteiger partial charge in [-0.2, -0.15) is 0 Å². The van der Waals surface area contributed by atoms with E-state index < -0.39 is 0 Å². The average Bonchev–Trinajstić information content (AvgIpc) is 1.69. The average molecular weight is 95.1 g/mol. The summed E-state index contributed by atoms with van der Waals surface area (Å²) in [5.74, 6) is 0. The van der Waals surface area contributed by atoms with Crippen molar-refractivity contribution in [3.8, 4) is 0 Å². The number of allylic oxidation sites excluding steroid dienone is 1. The summed E-state index contributed by atoms with van der Waals surface area (Å²) < 4.78 is 0. The fourth-order valence-electron chi connectivity index (χ4n) is 0.306. The minimum Gasteiger partial charge on any atom is -0.317 e. The van der Waals surface area contributed by atoms with Crippen molar-refractivity contribution < 1.29 is 0 Å². The van der Waals surface area contributed by atoms with E-state index in [2.05, 4.69) is 4.85 Å². The van der Waals surface area contributed by atoms with Gasteiger partial charge in [-0.05, 0) is 6.92 Å². The van der Waals surface area contributed by atoms with Crippen LogP contribution in [0.2, 0.25) is 0 Å². The monoisotopic (exact) mass is 95.1 g/mol. The Labute approximate surface area is 44.5 Å². The third-order valence-electron chi connectivity index (χ3n) is 0.643. The Bertz CT molecular complexity index is 86.8. The van der Waals surface area contributed by atoms with Crippen molar-refractivity contribution in [3.63, 3.8) is 0 Å². The van der Waals surface area contributed by atoms with Crippen LogP contribution in [0.1, 0.15) is 13.3 Å². The summed E-state index contributed by atoms with van der Waals surface area (Å²) in [6.45, 7) is 8.96. The molecule has 0 amide bonds. The molecule has 0 rings (SSSR count). The molecule has 0 aliphatic heterocycles. The molecule has 0 aromatic rings. The van der Waals surface area contributed by atoms with E-state index in [4.69, 9.17) is 6.57 Å². The van der Waals surface area contributed by atoms with Gasteiger partial charge < -0.3 is 4.85 Å². The van der Waals surface area contributed by atoms with Gasteiger partial charge in [0.15, 0.2) is 0 Å². The first-order valence-electron chi connectivity index (χ1n) is 2.36. The summed E-state index contributed by atoms with van der Waals surface area (Å²) in [5.41, 5.74) is 0. The van der Waals surface area contributed by atoms with Gasteiger partial charge in [0.25, 0.3) is 0 Å². The maximum absolute atomic E-state index is 6.37. The molecule has 0 atom stereocenters. The van der Waals surface area contributed by atoms with E-state index in [-0.39, 0.29) is 0 Å². The lowest BCUT2D eigenvalue weighted by molar-refractivity contribution is 1.14. The maximum atomic E-state index is 6.37. The third kappa shape index (κ3) is 5.23. The second-order valence-electron chi connectivity index (χ2n) is 1.24. The molecule has 7 heavy (non-hydrogen) atoms. The highest BCUT2D eigenvalue weighted by molar-refractivity contribution is 4.79. The van der Waals surface area contributed by atoms with Crippen molar-refractivity contribution >= 4 is 0 Å². The van der Waals surface area contributed by atoms with Gasteiger partial charge in [0.05, 0.1) is 0 Å². The van der Waals surface area contributed by atoms with Crippen LogP contribution in [0.25, 0.3) is 4.85 Å². The van der Waals surface area contributed by atoms with Crippen LogP contribution in [0.5, 0.6) is 0 Å². The predicted molar refractivity (Wildman–Crippen MR) is 30.9 cm³/mol. The highest BCUT2D eigenvalue weighted by Crippen LogP contribution is 1.81. The molecular formula is C6H9N. The SMILES string of the molecule is [C-]#[N+]CC/C=C/C. The molecule has 0 heterocycles. The minimum atomic E-state index is 0.629. The molecule has 0 aliphatic carbocycles. The van der Waals surface area contributed by atoms with Crippen molar-refractivity contribution in [2.24, 2.45) is 0 Å². The molecule has 0 aliphatic rings. The molecule has 0 unspecified atom stereocenters. The van der Waals surface area contributed by atoms with Gasteiger partial charge in [-0.25, -0.2) is 6.57 Å². The normalized spacial score (nSPS) is 9.14. The Kier molecular flexibility index (Phi) is 4.65. The van der Waals surface area contributed by atoms with Crippen molar-refractivity contribution in [3.05, 3.63) is 23.6 Å². The molecule has 0 aromatic carbocycles. The molecular weight excluding hydrogens is 86.1 g/mol. The van der Waals surface area contributed by atoms with Gasteiger partial charge >= 0.3 is 0 Å². The van der Waals surface area contributed by atoms with E-state index in [0.29, 0.717) is 6.54 Å². The zero-order valence-corrected chi connectivity index (χ0v) is 4.52. The summed E-state index contributed by atoms with van der Waals surface area (Å²) >= 11 is 0. The molecule has 1 nitrogen and oxygen atoms in total. The molecule has 0 saturated heterocycles. The summed E-state index contributed by atoms with van der Waals surface area (Å²) in [4.78, 5) is 3.17. The highest BCUT2D eigenvalue weighted by atomic mass is 14.6. The molecule has 0 radical (unpaired) electrons. The lowest BCUT2D eigenvalue weighted by Crippen LogP contribution is -1.67. The van der Waals surface area contributed by atoms with Crippen LogP contribution in [0.3, 0.4) is 0 Å². The van der Waals surface area contributed by atoms with Crippen LogP contribution in [0, 0.1) is 6.57 Å². The Morgan fingerprint density at radius 1 is 1.71 bits per heavy atom. The second kappa shape index (κ2) is 5.23. The second-order valence-corrected chi connectivity index (χ2v) is 1.24. The van der Waals surface area contributed by atoms with E-state index >= 15 is 0 Å². The lowest BCUT2D eigenvalue weighted by atomic mass is 10.4. The first-order valence-corrected chi connectivity index (χ1v) is 2.36. The van der Waals surface area contributed by atoms with Crippen molar-refractivity contribution in [2.75, 3.05) is 6.54 Å². The van der Waals surface area contributed by atoms with Crippen LogP contribution in [-0.4, -0.2) is 6.54 Å². The van der Waals surface area contributed by atoms with Gasteiger partial charge in [-0.3, -0.25) is 0 Å². The molecule has 0 saturated carbocycles. The van der Waals surface area contributed by atoms with E-state index in [1.807, 2.05) is 19.1 Å². The zero-order chi connectivity index (χ0) is 5.54. The smallest absolute Gasteiger partial charge is 0.218 e. The fourth-order valence-corrected chi connectivity index (χ4v) is 0.306.